The quantitative estimate of drug-likeness (QED) is 0.334. The Balaban J connectivity index is 1.45. The minimum atomic E-state index is 0.478. The molecule has 4 rings (SSSR count). The van der Waals surface area contributed by atoms with Gasteiger partial charge in [-0.3, -0.25) is 0 Å². The van der Waals surface area contributed by atoms with Crippen molar-refractivity contribution in [1.82, 2.24) is 0 Å². The van der Waals surface area contributed by atoms with Crippen molar-refractivity contribution >= 4 is 0 Å². The van der Waals surface area contributed by atoms with Gasteiger partial charge in [-0.1, -0.05) is 58.6 Å². The largest absolute Gasteiger partial charge is 0.381 e. The summed E-state index contributed by atoms with van der Waals surface area (Å²) in [5.41, 5.74) is 2.89. The van der Waals surface area contributed by atoms with Crippen molar-refractivity contribution in [3.05, 3.63) is 11.6 Å². The third kappa shape index (κ3) is 3.52. The number of ether oxygens (including phenoxy) is 1. The molecule has 0 amide bonds. The maximum absolute atomic E-state index is 5.74. The molecule has 28 heavy (non-hydrogen) atoms. The van der Waals surface area contributed by atoms with Crippen molar-refractivity contribution in [2.24, 2.45) is 40.4 Å². The van der Waals surface area contributed by atoms with Gasteiger partial charge >= 0.3 is 0 Å². The number of unbranched alkanes of at least 4 members (excludes halogenated alkanes) is 1. The molecule has 0 aliphatic heterocycles. The topological polar surface area (TPSA) is 9.23 Å². The van der Waals surface area contributed by atoms with E-state index in [-0.39, 0.29) is 0 Å². The lowest BCUT2D eigenvalue weighted by atomic mass is 9.47. The lowest BCUT2D eigenvalue weighted by Gasteiger charge is -2.58. The average Bonchev–Trinajstić information content (AvgIpc) is 3.01. The van der Waals surface area contributed by atoms with Crippen LogP contribution >= 0.6 is 0 Å². The highest BCUT2D eigenvalue weighted by Gasteiger charge is 2.58. The molecule has 0 aromatic carbocycles. The molecule has 0 aromatic rings. The van der Waals surface area contributed by atoms with Crippen molar-refractivity contribution in [2.75, 3.05) is 7.11 Å². The van der Waals surface area contributed by atoms with Gasteiger partial charge in [0.2, 0.25) is 0 Å². The highest BCUT2D eigenvalue weighted by Crippen LogP contribution is 2.66. The Labute approximate surface area is 175 Å². The molecule has 0 spiro atoms. The van der Waals surface area contributed by atoms with Gasteiger partial charge in [0, 0.05) is 7.11 Å². The normalized spacial score (nSPS) is 45.4. The second-order valence-corrected chi connectivity index (χ2v) is 11.9. The third-order valence-electron chi connectivity index (χ3n) is 10.2. The molecule has 0 aromatic heterocycles. The Morgan fingerprint density at radius 3 is 2.61 bits per heavy atom. The molecular weight excluding hydrogens is 340 g/mol. The Hall–Kier alpha value is -0.300. The predicted molar refractivity (Wildman–Crippen MR) is 119 cm³/mol. The summed E-state index contributed by atoms with van der Waals surface area (Å²) in [7, 11) is 1.91. The molecule has 0 N–H and O–H groups in total. The van der Waals surface area contributed by atoms with Crippen LogP contribution in [0.15, 0.2) is 11.6 Å². The van der Waals surface area contributed by atoms with Crippen molar-refractivity contribution in [2.45, 2.75) is 111 Å². The van der Waals surface area contributed by atoms with E-state index in [1.807, 2.05) is 7.11 Å². The zero-order chi connectivity index (χ0) is 19.9. The van der Waals surface area contributed by atoms with Crippen molar-refractivity contribution in [1.29, 1.82) is 0 Å². The maximum atomic E-state index is 5.74. The van der Waals surface area contributed by atoms with Crippen LogP contribution in [0.2, 0.25) is 0 Å². The van der Waals surface area contributed by atoms with Gasteiger partial charge < -0.3 is 4.74 Å². The molecule has 7 atom stereocenters. The predicted octanol–water partition coefficient (Wildman–Crippen LogP) is 7.80. The van der Waals surface area contributed by atoms with Gasteiger partial charge in [-0.25, -0.2) is 0 Å². The molecule has 6 unspecified atom stereocenters. The second-order valence-electron chi connectivity index (χ2n) is 11.9. The van der Waals surface area contributed by atoms with Gasteiger partial charge in [-0.05, 0) is 98.2 Å². The summed E-state index contributed by atoms with van der Waals surface area (Å²) in [6, 6.07) is 0. The molecule has 0 radical (unpaired) electrons. The number of allylic oxidation sites excluding steroid dienone is 1. The van der Waals surface area contributed by atoms with Crippen LogP contribution in [0.1, 0.15) is 105 Å². The Kier molecular flexibility index (Phi) is 6.05. The number of fused-ring (bicyclic) bond motifs is 5. The van der Waals surface area contributed by atoms with Crippen LogP contribution in [0, 0.1) is 40.4 Å². The van der Waals surface area contributed by atoms with Crippen molar-refractivity contribution in [3.63, 3.8) is 0 Å². The molecule has 160 valence electrons. The van der Waals surface area contributed by atoms with Gasteiger partial charge in [-0.2, -0.15) is 0 Å². The van der Waals surface area contributed by atoms with E-state index in [2.05, 4.69) is 33.8 Å². The molecule has 1 heteroatoms. The first kappa shape index (κ1) is 21.0. The maximum Gasteiger partial charge on any atom is 0.0608 e. The molecule has 0 bridgehead atoms. The van der Waals surface area contributed by atoms with Crippen LogP contribution in [0.5, 0.6) is 0 Å². The Morgan fingerprint density at radius 1 is 1.04 bits per heavy atom. The average molecular weight is 387 g/mol. The fourth-order valence-electron chi connectivity index (χ4n) is 8.36. The number of methoxy groups -OCH3 is 1. The molecule has 3 saturated carbocycles. The fourth-order valence-corrected chi connectivity index (χ4v) is 8.36. The summed E-state index contributed by atoms with van der Waals surface area (Å²) in [5, 5.41) is 0. The third-order valence-corrected chi connectivity index (χ3v) is 10.2. The number of hydrogen-bond acceptors (Lipinski definition) is 1. The van der Waals surface area contributed by atoms with E-state index in [1.165, 1.54) is 77.0 Å². The molecule has 0 heterocycles. The summed E-state index contributed by atoms with van der Waals surface area (Å²) >= 11 is 0. The van der Waals surface area contributed by atoms with Gasteiger partial charge in [0.15, 0.2) is 0 Å². The molecule has 4 aliphatic rings. The molecular formula is C27H46O. The van der Waals surface area contributed by atoms with E-state index in [0.29, 0.717) is 16.9 Å². The van der Waals surface area contributed by atoms with Crippen LogP contribution in [0.3, 0.4) is 0 Å². The van der Waals surface area contributed by atoms with E-state index >= 15 is 0 Å². The summed E-state index contributed by atoms with van der Waals surface area (Å²) in [5.74, 6) is 4.79. The Morgan fingerprint density at radius 2 is 1.86 bits per heavy atom. The zero-order valence-corrected chi connectivity index (χ0v) is 19.4. The first-order chi connectivity index (χ1) is 13.4. The van der Waals surface area contributed by atoms with Crippen LogP contribution in [-0.4, -0.2) is 13.2 Å². The van der Waals surface area contributed by atoms with Crippen molar-refractivity contribution < 1.29 is 4.74 Å². The van der Waals surface area contributed by atoms with E-state index in [0.717, 1.165) is 29.6 Å². The lowest BCUT2D eigenvalue weighted by Crippen LogP contribution is -2.50. The summed E-state index contributed by atoms with van der Waals surface area (Å²) in [4.78, 5) is 0. The second kappa shape index (κ2) is 8.09. The molecule has 3 fully saturated rings. The highest BCUT2D eigenvalue weighted by atomic mass is 16.5. The number of hydrogen-bond donors (Lipinski definition) is 0. The monoisotopic (exact) mass is 386 g/mol. The van der Waals surface area contributed by atoms with Crippen LogP contribution in [0.25, 0.3) is 0 Å². The van der Waals surface area contributed by atoms with E-state index < -0.39 is 0 Å². The lowest BCUT2D eigenvalue weighted by molar-refractivity contribution is -0.0542. The zero-order valence-electron chi connectivity index (χ0n) is 19.4. The van der Waals surface area contributed by atoms with Gasteiger partial charge in [0.25, 0.3) is 0 Å². The smallest absolute Gasteiger partial charge is 0.0608 e. The number of rotatable bonds is 6. The summed E-state index contributed by atoms with van der Waals surface area (Å²) < 4.78 is 5.74. The van der Waals surface area contributed by atoms with E-state index in [9.17, 15) is 0 Å². The van der Waals surface area contributed by atoms with Crippen LogP contribution < -0.4 is 0 Å². The minimum Gasteiger partial charge on any atom is -0.381 e. The van der Waals surface area contributed by atoms with Gasteiger partial charge in [0.1, 0.15) is 0 Å². The first-order valence-corrected chi connectivity index (χ1v) is 12.6. The van der Waals surface area contributed by atoms with Gasteiger partial charge in [0.05, 0.1) is 6.10 Å². The SMILES string of the molecule is COC1CCC2(C)C(=CCC3C2CCC2(C)C3CC[C@@H]2CCCCC(C)C)C1. The minimum absolute atomic E-state index is 0.478. The Bertz CT molecular complexity index is 577. The molecule has 1 nitrogen and oxygen atoms in total. The fraction of sp³-hybridized carbons (Fsp3) is 0.926. The van der Waals surface area contributed by atoms with Crippen molar-refractivity contribution in [3.8, 4) is 0 Å². The van der Waals surface area contributed by atoms with Gasteiger partial charge in [-0.15, -0.1) is 0 Å². The highest BCUT2D eigenvalue weighted by molar-refractivity contribution is 5.25. The van der Waals surface area contributed by atoms with Crippen LogP contribution in [-0.2, 0) is 4.74 Å². The molecule has 0 saturated heterocycles. The van der Waals surface area contributed by atoms with E-state index in [4.69, 9.17) is 4.74 Å². The standard InChI is InChI=1S/C27H46O/c1-19(2)8-6-7-9-20-11-13-24-23-12-10-21-18-22(28-5)14-16-27(21,4)25(23)15-17-26(20,24)3/h10,19-20,22-25H,6-9,11-18H2,1-5H3/t20-,22?,23?,24?,25?,26?,27?/m0/s1. The van der Waals surface area contributed by atoms with E-state index in [1.54, 1.807) is 5.57 Å². The summed E-state index contributed by atoms with van der Waals surface area (Å²) in [6.45, 7) is 10.1. The summed E-state index contributed by atoms with van der Waals surface area (Å²) in [6.07, 6.45) is 20.3. The van der Waals surface area contributed by atoms with Crippen LogP contribution in [0.4, 0.5) is 0 Å². The first-order valence-electron chi connectivity index (χ1n) is 12.6. The molecule has 4 aliphatic carbocycles.